The standard InChI is InChI=1S/C5H6.C5H12.B/c1-2-4-5-3-1;1-5(2,3)4;/h1-4H,5H2;1-4H3;. The van der Waals surface area contributed by atoms with Gasteiger partial charge in [0.2, 0.25) is 0 Å². The Morgan fingerprint density at radius 1 is 0.909 bits per heavy atom. The van der Waals surface area contributed by atoms with Crippen molar-refractivity contribution in [3.05, 3.63) is 24.3 Å². The molecule has 0 spiro atoms. The fourth-order valence-corrected chi connectivity index (χ4v) is 0.393. The van der Waals surface area contributed by atoms with Crippen LogP contribution in [0.4, 0.5) is 0 Å². The van der Waals surface area contributed by atoms with Gasteiger partial charge in [-0.1, -0.05) is 52.0 Å². The molecular formula is C10H18B. The van der Waals surface area contributed by atoms with E-state index in [4.69, 9.17) is 0 Å². The first-order chi connectivity index (χ1) is 4.50. The fraction of sp³-hybridized carbons (Fsp3) is 0.600. The van der Waals surface area contributed by atoms with Gasteiger partial charge in [-0.3, -0.25) is 0 Å². The van der Waals surface area contributed by atoms with Crippen molar-refractivity contribution in [3.8, 4) is 0 Å². The second-order valence-electron chi connectivity index (χ2n) is 4.09. The normalized spacial score (nSPS) is 13.5. The van der Waals surface area contributed by atoms with Gasteiger partial charge in [-0.2, -0.15) is 0 Å². The summed E-state index contributed by atoms with van der Waals surface area (Å²) in [7, 11) is 0. The first kappa shape index (κ1) is 13.2. The van der Waals surface area contributed by atoms with E-state index in [2.05, 4.69) is 52.0 Å². The molecule has 1 rings (SSSR count). The van der Waals surface area contributed by atoms with Crippen molar-refractivity contribution in [1.82, 2.24) is 0 Å². The largest absolute Gasteiger partial charge is 0.0808 e. The molecule has 0 aromatic carbocycles. The minimum atomic E-state index is 0. The van der Waals surface area contributed by atoms with Gasteiger partial charge in [-0.25, -0.2) is 0 Å². The van der Waals surface area contributed by atoms with Crippen molar-refractivity contribution < 1.29 is 0 Å². The van der Waals surface area contributed by atoms with E-state index in [1.165, 1.54) is 0 Å². The zero-order valence-electron chi connectivity index (χ0n) is 8.09. The van der Waals surface area contributed by atoms with Crippen molar-refractivity contribution in [2.45, 2.75) is 34.1 Å². The van der Waals surface area contributed by atoms with Crippen molar-refractivity contribution in [1.29, 1.82) is 0 Å². The van der Waals surface area contributed by atoms with Gasteiger partial charge >= 0.3 is 0 Å². The summed E-state index contributed by atoms with van der Waals surface area (Å²) in [6, 6.07) is 0. The van der Waals surface area contributed by atoms with Crippen LogP contribution in [0.5, 0.6) is 0 Å². The first-order valence-corrected chi connectivity index (χ1v) is 3.82. The Bertz CT molecular complexity index is 110. The van der Waals surface area contributed by atoms with E-state index in [0.29, 0.717) is 5.41 Å². The minimum Gasteiger partial charge on any atom is -0.0808 e. The lowest BCUT2D eigenvalue weighted by molar-refractivity contribution is 0.469. The molecule has 0 nitrogen and oxygen atoms in total. The van der Waals surface area contributed by atoms with Crippen LogP contribution in [-0.2, 0) is 0 Å². The van der Waals surface area contributed by atoms with Crippen LogP contribution in [0.2, 0.25) is 0 Å². The van der Waals surface area contributed by atoms with Crippen LogP contribution in [0, 0.1) is 5.41 Å². The summed E-state index contributed by atoms with van der Waals surface area (Å²) in [5, 5.41) is 0. The van der Waals surface area contributed by atoms with Crippen molar-refractivity contribution in [2.75, 3.05) is 0 Å². The van der Waals surface area contributed by atoms with Crippen LogP contribution in [0.15, 0.2) is 24.3 Å². The maximum Gasteiger partial charge on any atom is 0 e. The van der Waals surface area contributed by atoms with Crippen molar-refractivity contribution in [3.63, 3.8) is 0 Å². The third-order valence-corrected chi connectivity index (χ3v) is 0.655. The van der Waals surface area contributed by atoms with Gasteiger partial charge in [0.1, 0.15) is 0 Å². The van der Waals surface area contributed by atoms with E-state index in [0.717, 1.165) is 6.42 Å². The van der Waals surface area contributed by atoms with Crippen molar-refractivity contribution >= 4 is 8.41 Å². The molecule has 1 aliphatic carbocycles. The second-order valence-corrected chi connectivity index (χ2v) is 4.09. The molecule has 0 heterocycles. The van der Waals surface area contributed by atoms with Gasteiger partial charge in [0.15, 0.2) is 0 Å². The SMILES string of the molecule is C1=CCC=C1.CC(C)(C)C.[B]. The molecule has 0 aromatic rings. The Labute approximate surface area is 73.0 Å². The Morgan fingerprint density at radius 2 is 1.18 bits per heavy atom. The van der Waals surface area contributed by atoms with Crippen LogP contribution in [-0.4, -0.2) is 8.41 Å². The maximum atomic E-state index is 2.19. The van der Waals surface area contributed by atoms with E-state index in [1.807, 2.05) is 0 Å². The molecule has 0 fully saturated rings. The van der Waals surface area contributed by atoms with Crippen LogP contribution < -0.4 is 0 Å². The number of hydrogen-bond acceptors (Lipinski definition) is 0. The lowest BCUT2D eigenvalue weighted by Gasteiger charge is -2.05. The molecular weight excluding hydrogens is 131 g/mol. The quantitative estimate of drug-likeness (QED) is 0.464. The molecule has 1 aliphatic rings. The summed E-state index contributed by atoms with van der Waals surface area (Å²) in [5.74, 6) is 0. The van der Waals surface area contributed by atoms with Crippen molar-refractivity contribution in [2.24, 2.45) is 5.41 Å². The van der Waals surface area contributed by atoms with E-state index in [-0.39, 0.29) is 8.41 Å². The molecule has 0 N–H and O–H groups in total. The van der Waals surface area contributed by atoms with Gasteiger partial charge in [-0.15, -0.1) is 0 Å². The van der Waals surface area contributed by atoms with Crippen LogP contribution in [0.1, 0.15) is 34.1 Å². The molecule has 61 valence electrons. The molecule has 0 saturated heterocycles. The van der Waals surface area contributed by atoms with E-state index in [1.54, 1.807) is 0 Å². The average molecular weight is 149 g/mol. The van der Waals surface area contributed by atoms with E-state index < -0.39 is 0 Å². The summed E-state index contributed by atoms with van der Waals surface area (Å²) in [4.78, 5) is 0. The topological polar surface area (TPSA) is 0 Å². The third-order valence-electron chi connectivity index (χ3n) is 0.655. The minimum absolute atomic E-state index is 0. The van der Waals surface area contributed by atoms with Gasteiger partial charge in [0.05, 0.1) is 0 Å². The predicted octanol–water partition coefficient (Wildman–Crippen LogP) is 3.17. The summed E-state index contributed by atoms with van der Waals surface area (Å²) in [6.07, 6.45) is 9.50. The number of allylic oxidation sites excluding steroid dienone is 4. The monoisotopic (exact) mass is 149 g/mol. The van der Waals surface area contributed by atoms with E-state index in [9.17, 15) is 0 Å². The summed E-state index contributed by atoms with van der Waals surface area (Å²) < 4.78 is 0. The molecule has 0 aromatic heterocycles. The van der Waals surface area contributed by atoms with Crippen LogP contribution >= 0.6 is 0 Å². The van der Waals surface area contributed by atoms with Gasteiger partial charge in [0.25, 0.3) is 0 Å². The van der Waals surface area contributed by atoms with E-state index >= 15 is 0 Å². The molecule has 0 bridgehead atoms. The summed E-state index contributed by atoms with van der Waals surface area (Å²) in [6.45, 7) is 8.75. The lowest BCUT2D eigenvalue weighted by atomic mass is 10.0. The number of rotatable bonds is 0. The predicted molar refractivity (Wildman–Crippen MR) is 53.8 cm³/mol. The van der Waals surface area contributed by atoms with Gasteiger partial charge in [0, 0.05) is 8.41 Å². The summed E-state index contributed by atoms with van der Waals surface area (Å²) in [5.41, 5.74) is 0.500. The fourth-order valence-electron chi connectivity index (χ4n) is 0.393. The highest BCUT2D eigenvalue weighted by Gasteiger charge is 1.95. The van der Waals surface area contributed by atoms with Gasteiger partial charge in [-0.05, 0) is 11.8 Å². The molecule has 0 unspecified atom stereocenters. The van der Waals surface area contributed by atoms with Gasteiger partial charge < -0.3 is 0 Å². The number of hydrogen-bond donors (Lipinski definition) is 0. The zero-order valence-corrected chi connectivity index (χ0v) is 8.09. The second kappa shape index (κ2) is 6.27. The average Bonchev–Trinajstić information content (AvgIpc) is 2.07. The maximum absolute atomic E-state index is 2.19. The molecule has 0 saturated carbocycles. The molecule has 11 heavy (non-hydrogen) atoms. The zero-order chi connectivity index (χ0) is 8.04. The smallest absolute Gasteiger partial charge is 0 e. The molecule has 3 radical (unpaired) electrons. The summed E-state index contributed by atoms with van der Waals surface area (Å²) >= 11 is 0. The Balaban J connectivity index is 0. The highest BCUT2D eigenvalue weighted by Crippen LogP contribution is 2.08. The highest BCUT2D eigenvalue weighted by atomic mass is 14.0. The Morgan fingerprint density at radius 3 is 1.27 bits per heavy atom. The van der Waals surface area contributed by atoms with Crippen LogP contribution in [0.25, 0.3) is 0 Å². The third kappa shape index (κ3) is 26.3. The first-order valence-electron chi connectivity index (χ1n) is 3.82. The lowest BCUT2D eigenvalue weighted by Crippen LogP contribution is -1.93. The highest BCUT2D eigenvalue weighted by molar-refractivity contribution is 5.75. The van der Waals surface area contributed by atoms with Crippen LogP contribution in [0.3, 0.4) is 0 Å². The Kier molecular flexibility index (Phi) is 7.50. The molecule has 0 aliphatic heterocycles. The Hall–Kier alpha value is -0.455. The molecule has 0 amide bonds. The molecule has 0 atom stereocenters. The molecule has 1 heteroatoms.